The van der Waals surface area contributed by atoms with Gasteiger partial charge in [-0.25, -0.2) is 8.42 Å². The van der Waals surface area contributed by atoms with Crippen LogP contribution in [0.25, 0.3) is 0 Å². The Balaban J connectivity index is 3.01. The van der Waals surface area contributed by atoms with E-state index in [2.05, 4.69) is 0 Å². The molecular weight excluding hydrogens is 288 g/mol. The van der Waals surface area contributed by atoms with E-state index in [1.165, 1.54) is 0 Å². The number of methoxy groups -OCH3 is 1. The molecule has 0 aliphatic carbocycles. The zero-order valence-electron chi connectivity index (χ0n) is 13.1. The van der Waals surface area contributed by atoms with Gasteiger partial charge in [0.1, 0.15) is 0 Å². The van der Waals surface area contributed by atoms with Crippen LogP contribution in [0, 0.1) is 0 Å². The summed E-state index contributed by atoms with van der Waals surface area (Å²) in [5.74, 6) is -0.0696. The standard InChI is InChI=1S/C15H26N2O3S/c1-4-14(5-2)17(10-11-20-3)21(18,19)12-13-8-6-7-9-15(13)16/h6-9,14H,4-5,10-12,16H2,1-3H3. The smallest absolute Gasteiger partial charge is 0.218 e. The fourth-order valence-corrected chi connectivity index (χ4v) is 4.30. The third kappa shape index (κ3) is 4.98. The molecule has 2 N–H and O–H groups in total. The van der Waals surface area contributed by atoms with Gasteiger partial charge in [-0.3, -0.25) is 0 Å². The molecule has 0 unspecified atom stereocenters. The van der Waals surface area contributed by atoms with Crippen LogP contribution in [0.3, 0.4) is 0 Å². The number of nitrogens with two attached hydrogens (primary N) is 1. The molecule has 1 aromatic carbocycles. The third-order valence-corrected chi connectivity index (χ3v) is 5.49. The van der Waals surface area contributed by atoms with Crippen molar-refractivity contribution in [1.82, 2.24) is 4.31 Å². The van der Waals surface area contributed by atoms with Gasteiger partial charge in [0.2, 0.25) is 10.0 Å². The van der Waals surface area contributed by atoms with Crippen LogP contribution in [0.1, 0.15) is 32.3 Å². The number of sulfonamides is 1. The molecule has 0 fully saturated rings. The first kappa shape index (κ1) is 17.9. The molecule has 0 aromatic heterocycles. The van der Waals surface area contributed by atoms with Crippen molar-refractivity contribution in [2.24, 2.45) is 0 Å². The SMILES string of the molecule is CCC(CC)N(CCOC)S(=O)(=O)Cc1ccccc1N. The van der Waals surface area contributed by atoms with Crippen molar-refractivity contribution in [2.75, 3.05) is 26.0 Å². The number of anilines is 1. The van der Waals surface area contributed by atoms with Crippen molar-refractivity contribution >= 4 is 15.7 Å². The second kappa shape index (κ2) is 8.36. The number of hydrogen-bond donors (Lipinski definition) is 1. The first-order valence-corrected chi connectivity index (χ1v) is 8.89. The quantitative estimate of drug-likeness (QED) is 0.709. The van der Waals surface area contributed by atoms with Crippen molar-refractivity contribution in [2.45, 2.75) is 38.5 Å². The van der Waals surface area contributed by atoms with Gasteiger partial charge >= 0.3 is 0 Å². The number of nitrogens with zero attached hydrogens (tertiary/aromatic N) is 1. The van der Waals surface area contributed by atoms with Crippen molar-refractivity contribution in [3.63, 3.8) is 0 Å². The molecule has 21 heavy (non-hydrogen) atoms. The lowest BCUT2D eigenvalue weighted by atomic mass is 10.2. The van der Waals surface area contributed by atoms with Crippen LogP contribution in [-0.4, -0.2) is 39.0 Å². The highest BCUT2D eigenvalue weighted by atomic mass is 32.2. The van der Waals surface area contributed by atoms with E-state index in [-0.39, 0.29) is 11.8 Å². The maximum Gasteiger partial charge on any atom is 0.218 e. The van der Waals surface area contributed by atoms with Gasteiger partial charge in [-0.1, -0.05) is 32.0 Å². The molecule has 0 bridgehead atoms. The fourth-order valence-electron chi connectivity index (χ4n) is 2.37. The molecule has 1 rings (SSSR count). The fraction of sp³-hybridized carbons (Fsp3) is 0.600. The second-order valence-corrected chi connectivity index (χ2v) is 6.95. The summed E-state index contributed by atoms with van der Waals surface area (Å²) in [7, 11) is -1.84. The number of para-hydroxylation sites is 1. The molecule has 120 valence electrons. The second-order valence-electron chi connectivity index (χ2n) is 5.03. The van der Waals surface area contributed by atoms with Gasteiger partial charge < -0.3 is 10.5 Å². The topological polar surface area (TPSA) is 72.6 Å². The van der Waals surface area contributed by atoms with Crippen LogP contribution in [0.5, 0.6) is 0 Å². The van der Waals surface area contributed by atoms with E-state index < -0.39 is 10.0 Å². The van der Waals surface area contributed by atoms with Crippen molar-refractivity contribution in [3.8, 4) is 0 Å². The Morgan fingerprint density at radius 1 is 1.24 bits per heavy atom. The highest BCUT2D eigenvalue weighted by Crippen LogP contribution is 2.20. The normalized spacial score (nSPS) is 12.2. The van der Waals surface area contributed by atoms with Crippen LogP contribution in [0.4, 0.5) is 5.69 Å². The summed E-state index contributed by atoms with van der Waals surface area (Å²) in [5.41, 5.74) is 7.02. The Bertz CT molecular complexity index is 527. The lowest BCUT2D eigenvalue weighted by molar-refractivity contribution is 0.163. The summed E-state index contributed by atoms with van der Waals surface area (Å²) < 4.78 is 32.1. The van der Waals surface area contributed by atoms with Gasteiger partial charge in [-0.05, 0) is 24.5 Å². The zero-order valence-corrected chi connectivity index (χ0v) is 13.9. The summed E-state index contributed by atoms with van der Waals surface area (Å²) in [4.78, 5) is 0. The van der Waals surface area contributed by atoms with E-state index in [9.17, 15) is 8.42 Å². The first-order chi connectivity index (χ1) is 9.96. The lowest BCUT2D eigenvalue weighted by Gasteiger charge is -2.29. The summed E-state index contributed by atoms with van der Waals surface area (Å²) in [6, 6.07) is 7.08. The molecule has 1 aromatic rings. The summed E-state index contributed by atoms with van der Waals surface area (Å²) >= 11 is 0. The molecule has 0 spiro atoms. The van der Waals surface area contributed by atoms with Gasteiger partial charge in [-0.2, -0.15) is 4.31 Å². The molecule has 0 amide bonds. The summed E-state index contributed by atoms with van der Waals surface area (Å²) in [6.07, 6.45) is 1.56. The molecule has 0 heterocycles. The molecular formula is C15H26N2O3S. The Labute approximate surface area is 128 Å². The van der Waals surface area contributed by atoms with Gasteiger partial charge in [0.05, 0.1) is 12.4 Å². The van der Waals surface area contributed by atoms with Crippen molar-refractivity contribution in [3.05, 3.63) is 29.8 Å². The highest BCUT2D eigenvalue weighted by Gasteiger charge is 2.28. The third-order valence-electron chi connectivity index (χ3n) is 3.62. The monoisotopic (exact) mass is 314 g/mol. The number of nitrogen functional groups attached to an aromatic ring is 1. The first-order valence-electron chi connectivity index (χ1n) is 7.28. The number of rotatable bonds is 9. The minimum Gasteiger partial charge on any atom is -0.398 e. The van der Waals surface area contributed by atoms with Crippen LogP contribution < -0.4 is 5.73 Å². The number of hydrogen-bond acceptors (Lipinski definition) is 4. The summed E-state index contributed by atoms with van der Waals surface area (Å²) in [6.45, 7) is 4.76. The van der Waals surface area contributed by atoms with E-state index in [1.54, 1.807) is 35.7 Å². The minimum absolute atomic E-state index is 0.00455. The Kier molecular flexibility index (Phi) is 7.14. The van der Waals surface area contributed by atoms with Gasteiger partial charge in [0.15, 0.2) is 0 Å². The Morgan fingerprint density at radius 2 is 1.86 bits per heavy atom. The Hall–Kier alpha value is -1.11. The molecule has 0 atom stereocenters. The van der Waals surface area contributed by atoms with E-state index in [4.69, 9.17) is 10.5 Å². The molecule has 5 nitrogen and oxygen atoms in total. The maximum absolute atomic E-state index is 12.7. The maximum atomic E-state index is 12.7. The molecule has 0 saturated carbocycles. The average Bonchev–Trinajstić information content (AvgIpc) is 2.45. The molecule has 0 radical (unpaired) electrons. The van der Waals surface area contributed by atoms with E-state index >= 15 is 0 Å². The van der Waals surface area contributed by atoms with Crippen LogP contribution in [-0.2, 0) is 20.5 Å². The van der Waals surface area contributed by atoms with Crippen LogP contribution in [0.2, 0.25) is 0 Å². The van der Waals surface area contributed by atoms with Gasteiger partial charge in [0.25, 0.3) is 0 Å². The minimum atomic E-state index is -3.42. The predicted octanol–water partition coefficient (Wildman–Crippen LogP) is 2.24. The van der Waals surface area contributed by atoms with Crippen molar-refractivity contribution < 1.29 is 13.2 Å². The van der Waals surface area contributed by atoms with Crippen molar-refractivity contribution in [1.29, 1.82) is 0 Å². The number of benzene rings is 1. The predicted molar refractivity (Wildman–Crippen MR) is 86.4 cm³/mol. The highest BCUT2D eigenvalue weighted by molar-refractivity contribution is 7.88. The van der Waals surface area contributed by atoms with E-state index in [0.717, 1.165) is 12.8 Å². The van der Waals surface area contributed by atoms with Crippen LogP contribution in [0.15, 0.2) is 24.3 Å². The van der Waals surface area contributed by atoms with E-state index in [1.807, 2.05) is 13.8 Å². The van der Waals surface area contributed by atoms with Gasteiger partial charge in [0, 0.05) is 25.4 Å². The summed E-state index contributed by atoms with van der Waals surface area (Å²) in [5, 5.41) is 0. The molecule has 6 heteroatoms. The van der Waals surface area contributed by atoms with Gasteiger partial charge in [-0.15, -0.1) is 0 Å². The van der Waals surface area contributed by atoms with Crippen LogP contribution >= 0.6 is 0 Å². The zero-order chi connectivity index (χ0) is 15.9. The number of ether oxygens (including phenoxy) is 1. The Morgan fingerprint density at radius 3 is 2.38 bits per heavy atom. The molecule has 0 aliphatic rings. The largest absolute Gasteiger partial charge is 0.398 e. The lowest BCUT2D eigenvalue weighted by Crippen LogP contribution is -2.42. The average molecular weight is 314 g/mol. The molecule has 0 saturated heterocycles. The molecule has 0 aliphatic heterocycles. The van der Waals surface area contributed by atoms with E-state index in [0.29, 0.717) is 24.4 Å².